The molecule has 4 rings (SSSR count). The van der Waals surface area contributed by atoms with Gasteiger partial charge in [-0.3, -0.25) is 4.98 Å². The number of hydrogen-bond acceptors (Lipinski definition) is 8. The van der Waals surface area contributed by atoms with Crippen LogP contribution in [0.25, 0.3) is 10.4 Å². The van der Waals surface area contributed by atoms with Crippen molar-refractivity contribution in [3.8, 4) is 10.4 Å². The Hall–Kier alpha value is -2.55. The van der Waals surface area contributed by atoms with E-state index in [1.165, 1.54) is 0 Å². The molecule has 1 fully saturated rings. The van der Waals surface area contributed by atoms with Gasteiger partial charge >= 0.3 is 0 Å². The largest absolute Gasteiger partial charge is 0.396 e. The standard InChI is InChI=1S/C20H23N5O2S/c26-7-1-2-15-10-16(13-21-12-15)18-14-23-20(28-18)24-19-11-17(3-4-22-19)25-5-8-27-9-6-25/h3-4,10-14,26H,1-2,5-9H2,(H,22,23,24). The van der Waals surface area contributed by atoms with E-state index in [1.807, 2.05) is 36.9 Å². The molecule has 4 heterocycles. The maximum Gasteiger partial charge on any atom is 0.188 e. The second kappa shape index (κ2) is 9.09. The highest BCUT2D eigenvalue weighted by atomic mass is 32.1. The predicted molar refractivity (Wildman–Crippen MR) is 111 cm³/mol. The van der Waals surface area contributed by atoms with E-state index in [1.54, 1.807) is 11.3 Å². The quantitative estimate of drug-likeness (QED) is 0.634. The summed E-state index contributed by atoms with van der Waals surface area (Å²) in [7, 11) is 0. The maximum absolute atomic E-state index is 9.01. The second-order valence-corrected chi connectivity index (χ2v) is 7.59. The highest BCUT2D eigenvalue weighted by Crippen LogP contribution is 2.31. The summed E-state index contributed by atoms with van der Waals surface area (Å²) >= 11 is 1.57. The molecule has 0 saturated carbocycles. The number of hydrogen-bond donors (Lipinski definition) is 2. The predicted octanol–water partition coefficient (Wildman–Crippen LogP) is 3.11. The lowest BCUT2D eigenvalue weighted by Crippen LogP contribution is -2.36. The van der Waals surface area contributed by atoms with E-state index in [9.17, 15) is 0 Å². The molecule has 0 bridgehead atoms. The lowest BCUT2D eigenvalue weighted by atomic mass is 10.1. The molecule has 3 aromatic rings. The highest BCUT2D eigenvalue weighted by Gasteiger charge is 2.12. The van der Waals surface area contributed by atoms with E-state index in [4.69, 9.17) is 9.84 Å². The Bertz CT molecular complexity index is 911. The Morgan fingerprint density at radius 3 is 2.89 bits per heavy atom. The fourth-order valence-electron chi connectivity index (χ4n) is 3.12. The normalized spacial score (nSPS) is 14.2. The van der Waals surface area contributed by atoms with Gasteiger partial charge in [0.05, 0.1) is 18.1 Å². The topological polar surface area (TPSA) is 83.4 Å². The molecule has 7 nitrogen and oxygen atoms in total. The van der Waals surface area contributed by atoms with Gasteiger partial charge in [-0.1, -0.05) is 11.3 Å². The maximum atomic E-state index is 9.01. The van der Waals surface area contributed by atoms with Crippen LogP contribution in [0.3, 0.4) is 0 Å². The van der Waals surface area contributed by atoms with Crippen molar-refractivity contribution in [2.24, 2.45) is 0 Å². The zero-order chi connectivity index (χ0) is 19.2. The lowest BCUT2D eigenvalue weighted by Gasteiger charge is -2.28. The van der Waals surface area contributed by atoms with Crippen LogP contribution in [0.4, 0.5) is 16.6 Å². The van der Waals surface area contributed by atoms with Crippen LogP contribution >= 0.6 is 11.3 Å². The van der Waals surface area contributed by atoms with Crippen LogP contribution < -0.4 is 10.2 Å². The smallest absolute Gasteiger partial charge is 0.188 e. The van der Waals surface area contributed by atoms with Gasteiger partial charge in [0.15, 0.2) is 5.13 Å². The van der Waals surface area contributed by atoms with Gasteiger partial charge < -0.3 is 20.1 Å². The summed E-state index contributed by atoms with van der Waals surface area (Å²) in [4.78, 5) is 16.6. The first kappa shape index (κ1) is 18.8. The van der Waals surface area contributed by atoms with Crippen LogP contribution in [0.2, 0.25) is 0 Å². The first-order valence-corrected chi connectivity index (χ1v) is 10.2. The number of thiazole rings is 1. The van der Waals surface area contributed by atoms with E-state index in [2.05, 4.69) is 31.2 Å². The molecule has 0 spiro atoms. The molecule has 0 atom stereocenters. The van der Waals surface area contributed by atoms with Gasteiger partial charge in [0.25, 0.3) is 0 Å². The average Bonchev–Trinajstić information content (AvgIpc) is 3.22. The van der Waals surface area contributed by atoms with Crippen LogP contribution in [-0.2, 0) is 11.2 Å². The summed E-state index contributed by atoms with van der Waals surface area (Å²) in [5.74, 6) is 0.778. The number of aromatic nitrogens is 3. The van der Waals surface area contributed by atoms with Gasteiger partial charge in [-0.15, -0.1) is 0 Å². The van der Waals surface area contributed by atoms with Crippen molar-refractivity contribution in [3.05, 3.63) is 48.5 Å². The number of rotatable bonds is 7. The molecular weight excluding hydrogens is 374 g/mol. The second-order valence-electron chi connectivity index (χ2n) is 6.56. The van der Waals surface area contributed by atoms with Crippen molar-refractivity contribution in [1.29, 1.82) is 0 Å². The molecule has 0 unspecified atom stereocenters. The van der Waals surface area contributed by atoms with Crippen molar-refractivity contribution in [2.75, 3.05) is 43.1 Å². The minimum atomic E-state index is 0.190. The highest BCUT2D eigenvalue weighted by molar-refractivity contribution is 7.18. The van der Waals surface area contributed by atoms with E-state index < -0.39 is 0 Å². The van der Waals surface area contributed by atoms with Crippen molar-refractivity contribution in [1.82, 2.24) is 15.0 Å². The third-order valence-electron chi connectivity index (χ3n) is 4.56. The van der Waals surface area contributed by atoms with Gasteiger partial charge in [0.2, 0.25) is 0 Å². The first-order chi connectivity index (χ1) is 13.8. The van der Waals surface area contributed by atoms with Crippen LogP contribution in [0.1, 0.15) is 12.0 Å². The van der Waals surface area contributed by atoms with E-state index in [0.717, 1.165) is 71.8 Å². The summed E-state index contributed by atoms with van der Waals surface area (Å²) < 4.78 is 5.42. The van der Waals surface area contributed by atoms with E-state index in [-0.39, 0.29) is 6.61 Å². The molecule has 3 aromatic heterocycles. The Morgan fingerprint density at radius 2 is 2.04 bits per heavy atom. The van der Waals surface area contributed by atoms with Gasteiger partial charge in [-0.25, -0.2) is 9.97 Å². The van der Waals surface area contributed by atoms with Gasteiger partial charge in [0.1, 0.15) is 5.82 Å². The molecular formula is C20H23N5O2S. The summed E-state index contributed by atoms with van der Waals surface area (Å²) in [6.07, 6.45) is 8.92. The summed E-state index contributed by atoms with van der Waals surface area (Å²) in [5, 5.41) is 13.1. The van der Waals surface area contributed by atoms with Crippen LogP contribution in [0.15, 0.2) is 43.0 Å². The van der Waals surface area contributed by atoms with E-state index in [0.29, 0.717) is 0 Å². The number of nitrogens with one attached hydrogen (secondary N) is 1. The zero-order valence-electron chi connectivity index (χ0n) is 15.5. The lowest BCUT2D eigenvalue weighted by molar-refractivity contribution is 0.122. The van der Waals surface area contributed by atoms with Gasteiger partial charge in [-0.2, -0.15) is 0 Å². The molecule has 8 heteroatoms. The van der Waals surface area contributed by atoms with E-state index >= 15 is 0 Å². The SMILES string of the molecule is OCCCc1cncc(-c2cnc(Nc3cc(N4CCOCC4)ccn3)s2)c1. The minimum absolute atomic E-state index is 0.190. The Kier molecular flexibility index (Phi) is 6.11. The fraction of sp³-hybridized carbons (Fsp3) is 0.350. The zero-order valence-corrected chi connectivity index (χ0v) is 16.4. The number of pyridine rings is 2. The number of ether oxygens (including phenoxy) is 1. The molecule has 146 valence electrons. The molecule has 1 saturated heterocycles. The third kappa shape index (κ3) is 4.64. The number of aliphatic hydroxyl groups excluding tert-OH is 1. The Morgan fingerprint density at radius 1 is 1.14 bits per heavy atom. The summed E-state index contributed by atoms with van der Waals surface area (Å²) in [6.45, 7) is 3.49. The molecule has 28 heavy (non-hydrogen) atoms. The molecule has 1 aliphatic rings. The molecule has 0 radical (unpaired) electrons. The van der Waals surface area contributed by atoms with Crippen LogP contribution in [-0.4, -0.2) is 53.0 Å². The number of aryl methyl sites for hydroxylation is 1. The number of anilines is 3. The molecule has 0 aromatic carbocycles. The Labute approximate surface area is 168 Å². The molecule has 2 N–H and O–H groups in total. The third-order valence-corrected chi connectivity index (χ3v) is 5.53. The monoisotopic (exact) mass is 397 g/mol. The van der Waals surface area contributed by atoms with Gasteiger partial charge in [0, 0.05) is 61.8 Å². The van der Waals surface area contributed by atoms with Crippen molar-refractivity contribution in [3.63, 3.8) is 0 Å². The number of nitrogens with zero attached hydrogens (tertiary/aromatic N) is 4. The van der Waals surface area contributed by atoms with Crippen molar-refractivity contribution < 1.29 is 9.84 Å². The fourth-order valence-corrected chi connectivity index (χ4v) is 3.93. The molecule has 0 amide bonds. The molecule has 1 aliphatic heterocycles. The minimum Gasteiger partial charge on any atom is -0.396 e. The summed E-state index contributed by atoms with van der Waals surface area (Å²) in [5.41, 5.74) is 3.30. The first-order valence-electron chi connectivity index (χ1n) is 9.38. The average molecular weight is 398 g/mol. The van der Waals surface area contributed by atoms with Gasteiger partial charge in [-0.05, 0) is 30.5 Å². The van der Waals surface area contributed by atoms with Crippen molar-refractivity contribution in [2.45, 2.75) is 12.8 Å². The molecule has 0 aliphatic carbocycles. The van der Waals surface area contributed by atoms with Crippen LogP contribution in [0.5, 0.6) is 0 Å². The number of morpholine rings is 1. The number of aliphatic hydroxyl groups is 1. The van der Waals surface area contributed by atoms with Crippen LogP contribution in [0, 0.1) is 0 Å². The Balaban J connectivity index is 1.46. The summed E-state index contributed by atoms with van der Waals surface area (Å²) in [6, 6.07) is 6.17. The van der Waals surface area contributed by atoms with Crippen molar-refractivity contribution >= 4 is 28.0 Å².